The first-order chi connectivity index (χ1) is 7.72. The van der Waals surface area contributed by atoms with Crippen LogP contribution in [-0.4, -0.2) is 25.4 Å². The molecular weight excluding hydrogens is 290 g/mol. The number of rotatable bonds is 3. The Morgan fingerprint density at radius 2 is 2.31 bits per heavy atom. The highest BCUT2D eigenvalue weighted by molar-refractivity contribution is 9.10. The molecule has 0 saturated carbocycles. The molecule has 0 amide bonds. The molecule has 5 nitrogen and oxygen atoms in total. The summed E-state index contributed by atoms with van der Waals surface area (Å²) in [5.74, 6) is 0.644. The lowest BCUT2D eigenvalue weighted by atomic mass is 10.2. The Morgan fingerprint density at radius 1 is 1.50 bits per heavy atom. The van der Waals surface area contributed by atoms with Crippen LogP contribution < -0.4 is 0 Å². The van der Waals surface area contributed by atoms with E-state index >= 15 is 0 Å². The van der Waals surface area contributed by atoms with E-state index in [1.54, 1.807) is 6.20 Å². The lowest BCUT2D eigenvalue weighted by molar-refractivity contribution is 0.862. The molecule has 0 radical (unpaired) electrons. The number of aromatic nitrogens is 5. The van der Waals surface area contributed by atoms with Gasteiger partial charge in [0.05, 0.1) is 10.7 Å². The number of aryl methyl sites for hydroxylation is 1. The Bertz CT molecular complexity index is 533. The summed E-state index contributed by atoms with van der Waals surface area (Å²) < 4.78 is 1.40. The largest absolute Gasteiger partial charge is 0.341 e. The summed E-state index contributed by atoms with van der Waals surface area (Å²) in [5, 5.41) is 10.3. The highest BCUT2D eigenvalue weighted by Gasteiger charge is 2.08. The summed E-state index contributed by atoms with van der Waals surface area (Å²) >= 11 is 8.62. The van der Waals surface area contributed by atoms with Crippen LogP contribution in [0.5, 0.6) is 0 Å². The minimum Gasteiger partial charge on any atom is -0.341 e. The van der Waals surface area contributed by atoms with Gasteiger partial charge in [0.2, 0.25) is 0 Å². The van der Waals surface area contributed by atoms with Crippen molar-refractivity contribution in [2.75, 3.05) is 0 Å². The zero-order valence-electron chi connectivity index (χ0n) is 8.62. The van der Waals surface area contributed by atoms with Crippen molar-refractivity contribution in [3.8, 4) is 11.5 Å². The van der Waals surface area contributed by atoms with Crippen molar-refractivity contribution >= 4 is 28.1 Å². The minimum absolute atomic E-state index is 0.542. The lowest BCUT2D eigenvalue weighted by Gasteiger charge is -2.05. The zero-order chi connectivity index (χ0) is 11.5. The van der Waals surface area contributed by atoms with Gasteiger partial charge in [0, 0.05) is 5.69 Å². The van der Waals surface area contributed by atoms with Crippen LogP contribution in [0.4, 0.5) is 0 Å². The molecule has 0 atom stereocenters. The third kappa shape index (κ3) is 2.19. The van der Waals surface area contributed by atoms with Crippen LogP contribution in [-0.2, 0) is 6.42 Å². The van der Waals surface area contributed by atoms with Crippen LogP contribution in [0.1, 0.15) is 19.0 Å². The van der Waals surface area contributed by atoms with E-state index in [2.05, 4.69) is 48.2 Å². The first kappa shape index (κ1) is 11.4. The summed E-state index contributed by atoms with van der Waals surface area (Å²) in [6.07, 6.45) is 3.56. The third-order valence-electron chi connectivity index (χ3n) is 2.09. The quantitative estimate of drug-likeness (QED) is 0.855. The van der Waals surface area contributed by atoms with E-state index in [0.717, 1.165) is 23.0 Å². The fraction of sp³-hybridized carbons (Fsp3) is 0.333. The first-order valence-electron chi connectivity index (χ1n) is 4.87. The van der Waals surface area contributed by atoms with Gasteiger partial charge in [0.1, 0.15) is 10.3 Å². The van der Waals surface area contributed by atoms with Gasteiger partial charge >= 0.3 is 0 Å². The fourth-order valence-corrected chi connectivity index (χ4v) is 1.97. The maximum atomic E-state index is 5.18. The maximum Gasteiger partial charge on any atom is 0.161 e. The predicted molar refractivity (Wildman–Crippen MR) is 66.5 cm³/mol. The number of hydrogen-bond acceptors (Lipinski definition) is 4. The van der Waals surface area contributed by atoms with Gasteiger partial charge in [-0.1, -0.05) is 25.6 Å². The standard InChI is InChI=1S/C9H10BrN5S/c1-2-3-5-7(10)9(16)13-8(12-5)6-4-11-15-14-6/h4H,2-3H2,1H3,(H,11,14,15)(H,12,13,16). The summed E-state index contributed by atoms with van der Waals surface area (Å²) in [4.78, 5) is 7.46. The van der Waals surface area contributed by atoms with Gasteiger partial charge < -0.3 is 4.98 Å². The van der Waals surface area contributed by atoms with Crippen LogP contribution in [0.15, 0.2) is 10.7 Å². The average molecular weight is 300 g/mol. The molecule has 0 bridgehead atoms. The van der Waals surface area contributed by atoms with E-state index < -0.39 is 0 Å². The molecule has 0 unspecified atom stereocenters. The Balaban J connectivity index is 2.53. The first-order valence-corrected chi connectivity index (χ1v) is 6.07. The normalized spacial score (nSPS) is 10.6. The molecule has 0 aliphatic carbocycles. The molecular formula is C9H10BrN5S. The third-order valence-corrected chi connectivity index (χ3v) is 3.51. The second-order valence-corrected chi connectivity index (χ2v) is 4.47. The van der Waals surface area contributed by atoms with E-state index in [1.807, 2.05) is 0 Å². The van der Waals surface area contributed by atoms with Crippen molar-refractivity contribution in [3.05, 3.63) is 21.0 Å². The molecule has 7 heteroatoms. The molecule has 16 heavy (non-hydrogen) atoms. The monoisotopic (exact) mass is 299 g/mol. The maximum absolute atomic E-state index is 5.18. The Labute approximate surface area is 106 Å². The number of hydrogen-bond donors (Lipinski definition) is 2. The molecule has 0 aliphatic rings. The van der Waals surface area contributed by atoms with Gasteiger partial charge in [0.15, 0.2) is 5.82 Å². The molecule has 0 aromatic carbocycles. The van der Waals surface area contributed by atoms with Crippen molar-refractivity contribution in [1.82, 2.24) is 25.4 Å². The minimum atomic E-state index is 0.542. The lowest BCUT2D eigenvalue weighted by Crippen LogP contribution is -1.98. The van der Waals surface area contributed by atoms with E-state index in [9.17, 15) is 0 Å². The van der Waals surface area contributed by atoms with Crippen LogP contribution >= 0.6 is 28.1 Å². The summed E-state index contributed by atoms with van der Waals surface area (Å²) in [5.41, 5.74) is 1.71. The molecule has 2 aromatic rings. The summed E-state index contributed by atoms with van der Waals surface area (Å²) in [7, 11) is 0. The van der Waals surface area contributed by atoms with E-state index in [4.69, 9.17) is 12.2 Å². The SMILES string of the molecule is CCCc1[nH]c(-c2cn[nH]n2)nc(=S)c1Br. The highest BCUT2D eigenvalue weighted by Crippen LogP contribution is 2.20. The molecule has 0 saturated heterocycles. The topological polar surface area (TPSA) is 70.2 Å². The number of nitrogens with one attached hydrogen (secondary N) is 2. The zero-order valence-corrected chi connectivity index (χ0v) is 11.0. The van der Waals surface area contributed by atoms with Gasteiger partial charge in [-0.05, 0) is 22.4 Å². The van der Waals surface area contributed by atoms with Gasteiger partial charge in [-0.15, -0.1) is 0 Å². The van der Waals surface area contributed by atoms with Gasteiger partial charge in [-0.3, -0.25) is 0 Å². The summed E-state index contributed by atoms with van der Waals surface area (Å²) in [6, 6.07) is 0. The number of halogens is 1. The van der Waals surface area contributed by atoms with Gasteiger partial charge in [-0.2, -0.15) is 15.4 Å². The molecule has 2 aromatic heterocycles. The van der Waals surface area contributed by atoms with E-state index in [1.165, 1.54) is 0 Å². The number of nitrogens with zero attached hydrogens (tertiary/aromatic N) is 3. The Kier molecular flexibility index (Phi) is 3.45. The van der Waals surface area contributed by atoms with Gasteiger partial charge in [-0.25, -0.2) is 4.98 Å². The van der Waals surface area contributed by atoms with Crippen LogP contribution in [0.2, 0.25) is 0 Å². The van der Waals surface area contributed by atoms with Crippen molar-refractivity contribution in [3.63, 3.8) is 0 Å². The molecule has 0 fully saturated rings. The molecule has 84 valence electrons. The van der Waals surface area contributed by atoms with Crippen LogP contribution in [0.3, 0.4) is 0 Å². The van der Waals surface area contributed by atoms with E-state index in [-0.39, 0.29) is 0 Å². The second kappa shape index (κ2) is 4.84. The molecule has 2 heterocycles. The van der Waals surface area contributed by atoms with Gasteiger partial charge in [0.25, 0.3) is 0 Å². The molecule has 0 aliphatic heterocycles. The number of aromatic amines is 2. The highest BCUT2D eigenvalue weighted by atomic mass is 79.9. The van der Waals surface area contributed by atoms with Crippen molar-refractivity contribution < 1.29 is 0 Å². The van der Waals surface area contributed by atoms with Crippen molar-refractivity contribution in [2.24, 2.45) is 0 Å². The second-order valence-electron chi connectivity index (χ2n) is 3.29. The Morgan fingerprint density at radius 3 is 2.94 bits per heavy atom. The fourth-order valence-electron chi connectivity index (χ4n) is 1.36. The molecule has 0 spiro atoms. The van der Waals surface area contributed by atoms with Crippen molar-refractivity contribution in [2.45, 2.75) is 19.8 Å². The van der Waals surface area contributed by atoms with Crippen LogP contribution in [0.25, 0.3) is 11.5 Å². The number of H-pyrrole nitrogens is 2. The van der Waals surface area contributed by atoms with Crippen molar-refractivity contribution in [1.29, 1.82) is 0 Å². The van der Waals surface area contributed by atoms with Crippen LogP contribution in [0, 0.1) is 4.64 Å². The molecule has 2 N–H and O–H groups in total. The predicted octanol–water partition coefficient (Wildman–Crippen LogP) is 2.64. The smallest absolute Gasteiger partial charge is 0.161 e. The van der Waals surface area contributed by atoms with E-state index in [0.29, 0.717) is 16.2 Å². The molecule has 2 rings (SSSR count). The summed E-state index contributed by atoms with van der Waals surface area (Å²) in [6.45, 7) is 2.11. The Hall–Kier alpha value is -1.08. The average Bonchev–Trinajstić information content (AvgIpc) is 2.78.